The van der Waals surface area contributed by atoms with Crippen molar-refractivity contribution in [2.24, 2.45) is 0 Å². The van der Waals surface area contributed by atoms with E-state index in [0.717, 1.165) is 0 Å². The molecule has 0 saturated carbocycles. The minimum atomic E-state index is -4.51. The molecule has 0 aromatic heterocycles. The molecule has 0 amide bonds. The van der Waals surface area contributed by atoms with E-state index in [0.29, 0.717) is 11.0 Å². The van der Waals surface area contributed by atoms with E-state index in [1.807, 2.05) is 21.1 Å². The third kappa shape index (κ3) is 12.6. The van der Waals surface area contributed by atoms with E-state index in [1.54, 1.807) is 0 Å². The number of likely N-dealkylation sites (N-methyl/N-ethyl adjacent to an activating group) is 1. The van der Waals surface area contributed by atoms with Gasteiger partial charge >= 0.3 is 29.6 Å². The predicted octanol–water partition coefficient (Wildman–Crippen LogP) is -5.05. The number of carbonyl (C=O) groups is 1. The van der Waals surface area contributed by atoms with Crippen molar-refractivity contribution in [2.75, 3.05) is 40.9 Å². The van der Waals surface area contributed by atoms with E-state index in [4.69, 9.17) is 0 Å². The average molecular weight is 263 g/mol. The Hall–Kier alpha value is 0.540. The molecule has 16 heavy (non-hydrogen) atoms. The molecule has 0 saturated heterocycles. The zero-order valence-electron chi connectivity index (χ0n) is 9.97. The first kappa shape index (κ1) is 18.9. The van der Waals surface area contributed by atoms with Gasteiger partial charge in [0.1, 0.15) is 13.2 Å². The minimum absolute atomic E-state index is 0. The van der Waals surface area contributed by atoms with Gasteiger partial charge < -0.3 is 28.3 Å². The second-order valence-corrected chi connectivity index (χ2v) is 5.35. The monoisotopic (exact) mass is 263 g/mol. The number of rotatable bonds is 7. The van der Waals surface area contributed by atoms with Crippen LogP contribution in [0.25, 0.3) is 0 Å². The summed E-state index contributed by atoms with van der Waals surface area (Å²) in [6, 6.07) is 0. The maximum Gasteiger partial charge on any atom is 1.00 e. The molecule has 0 radical (unpaired) electrons. The number of nitrogens with zero attached hydrogens (tertiary/aromatic N) is 1. The maximum atomic E-state index is 10.9. The van der Waals surface area contributed by atoms with E-state index in [-0.39, 0.29) is 36.2 Å². The number of aliphatic carboxylic acids is 1. The molecule has 1 unspecified atom stereocenters. The van der Waals surface area contributed by atoms with Crippen LogP contribution in [0.3, 0.4) is 0 Å². The SMILES string of the molecule is C[N+](C)(C)CCOP(=O)([O-])OCC(=O)[O-].[Na+]. The van der Waals surface area contributed by atoms with E-state index >= 15 is 0 Å². The molecule has 0 aliphatic carbocycles. The van der Waals surface area contributed by atoms with Crippen LogP contribution in [0.5, 0.6) is 0 Å². The van der Waals surface area contributed by atoms with Crippen molar-refractivity contribution in [1.82, 2.24) is 0 Å². The predicted molar refractivity (Wildman–Crippen MR) is 47.4 cm³/mol. The number of phosphoric acid groups is 1. The number of hydrogen-bond acceptors (Lipinski definition) is 6. The second-order valence-electron chi connectivity index (χ2n) is 3.94. The zero-order valence-corrected chi connectivity index (χ0v) is 12.9. The summed E-state index contributed by atoms with van der Waals surface area (Å²) in [4.78, 5) is 20.8. The summed E-state index contributed by atoms with van der Waals surface area (Å²) >= 11 is 0. The number of quaternary nitrogens is 1. The Morgan fingerprint density at radius 1 is 1.31 bits per heavy atom. The van der Waals surface area contributed by atoms with Crippen molar-refractivity contribution in [1.29, 1.82) is 0 Å². The van der Waals surface area contributed by atoms with Gasteiger partial charge in [0, 0.05) is 0 Å². The molecule has 0 N–H and O–H groups in total. The van der Waals surface area contributed by atoms with Gasteiger partial charge in [0.2, 0.25) is 0 Å². The second kappa shape index (κ2) is 7.79. The molecule has 7 nitrogen and oxygen atoms in total. The normalized spacial score (nSPS) is 15.0. The van der Waals surface area contributed by atoms with Crippen molar-refractivity contribution in [3.8, 4) is 0 Å². The molecule has 0 aliphatic heterocycles. The van der Waals surface area contributed by atoms with E-state index in [9.17, 15) is 19.4 Å². The van der Waals surface area contributed by atoms with Crippen molar-refractivity contribution < 1.29 is 62.4 Å². The van der Waals surface area contributed by atoms with E-state index in [1.165, 1.54) is 0 Å². The fourth-order valence-electron chi connectivity index (χ4n) is 0.596. The van der Waals surface area contributed by atoms with Gasteiger partial charge in [0.15, 0.2) is 0 Å². The Kier molecular flexibility index (Phi) is 9.20. The molecule has 0 aromatic carbocycles. The van der Waals surface area contributed by atoms with E-state index in [2.05, 4.69) is 9.05 Å². The first-order chi connectivity index (χ1) is 6.62. The Balaban J connectivity index is 0. The van der Waals surface area contributed by atoms with E-state index < -0.39 is 20.4 Å². The van der Waals surface area contributed by atoms with Gasteiger partial charge in [-0.25, -0.2) is 0 Å². The van der Waals surface area contributed by atoms with Crippen LogP contribution in [-0.4, -0.2) is 51.4 Å². The quantitative estimate of drug-likeness (QED) is 0.259. The summed E-state index contributed by atoms with van der Waals surface area (Å²) in [5.41, 5.74) is 0. The van der Waals surface area contributed by atoms with Gasteiger partial charge in [0.25, 0.3) is 7.82 Å². The van der Waals surface area contributed by atoms with Crippen LogP contribution >= 0.6 is 7.82 Å². The molecule has 1 atom stereocenters. The standard InChI is InChI=1S/C7H16NO6P.Na/c1-8(2,3)4-5-13-15(11,12)14-6-7(9)10;/h4-6H2,1-3H3,(H-,9,10,11,12);/q;+1/p-1. The fourth-order valence-corrected chi connectivity index (χ4v) is 1.24. The van der Waals surface area contributed by atoms with Gasteiger partial charge in [-0.3, -0.25) is 4.57 Å². The molecule has 0 fully saturated rings. The molecule has 0 rings (SSSR count). The summed E-state index contributed by atoms with van der Waals surface area (Å²) in [6.45, 7) is -0.622. The topological polar surface area (TPSA) is 98.7 Å². The summed E-state index contributed by atoms with van der Waals surface area (Å²) in [5.74, 6) is -1.61. The third-order valence-corrected chi connectivity index (χ3v) is 2.30. The molecule has 0 spiro atoms. The third-order valence-electron chi connectivity index (χ3n) is 1.35. The Bertz CT molecular complexity index is 266. The summed E-state index contributed by atoms with van der Waals surface area (Å²) in [5, 5.41) is 9.92. The van der Waals surface area contributed by atoms with Gasteiger partial charge in [-0.15, -0.1) is 0 Å². The molecular weight excluding hydrogens is 248 g/mol. The van der Waals surface area contributed by atoms with Crippen LogP contribution in [0.2, 0.25) is 0 Å². The van der Waals surface area contributed by atoms with Crippen molar-refractivity contribution in [2.45, 2.75) is 0 Å². The van der Waals surface area contributed by atoms with Crippen LogP contribution in [0.1, 0.15) is 0 Å². The average Bonchev–Trinajstić information content (AvgIpc) is 1.98. The molecule has 0 aromatic rings. The van der Waals surface area contributed by atoms with Crippen LogP contribution in [0.15, 0.2) is 0 Å². The van der Waals surface area contributed by atoms with Crippen molar-refractivity contribution in [3.63, 3.8) is 0 Å². The van der Waals surface area contributed by atoms with Crippen LogP contribution in [0.4, 0.5) is 0 Å². The van der Waals surface area contributed by atoms with Gasteiger partial charge in [-0.1, -0.05) is 0 Å². The zero-order chi connectivity index (χ0) is 12.1. The summed E-state index contributed by atoms with van der Waals surface area (Å²) in [6.07, 6.45) is 0. The van der Waals surface area contributed by atoms with Crippen LogP contribution in [-0.2, 0) is 18.4 Å². The van der Waals surface area contributed by atoms with Crippen LogP contribution in [0, 0.1) is 0 Å². The van der Waals surface area contributed by atoms with Gasteiger partial charge in [-0.05, 0) is 0 Å². The molecule has 90 valence electrons. The molecule has 0 heterocycles. The molecule has 9 heteroatoms. The number of phosphoric ester groups is 1. The number of carboxylic acids is 1. The molecule has 0 bridgehead atoms. The smallest absolute Gasteiger partial charge is 0.756 e. The number of carbonyl (C=O) groups excluding carboxylic acids is 1. The number of carboxylic acid groups (broad SMARTS) is 1. The number of hydrogen-bond donors (Lipinski definition) is 0. The Morgan fingerprint density at radius 2 is 1.81 bits per heavy atom. The van der Waals surface area contributed by atoms with Crippen molar-refractivity contribution in [3.05, 3.63) is 0 Å². The first-order valence-electron chi connectivity index (χ1n) is 4.23. The van der Waals surface area contributed by atoms with Gasteiger partial charge in [-0.2, -0.15) is 0 Å². The molecular formula is C7H15NNaO6P. The van der Waals surface area contributed by atoms with Gasteiger partial charge in [0.05, 0.1) is 33.7 Å². The van der Waals surface area contributed by atoms with Crippen molar-refractivity contribution >= 4 is 13.8 Å². The summed E-state index contributed by atoms with van der Waals surface area (Å²) < 4.78 is 19.9. The minimum Gasteiger partial charge on any atom is -0.756 e. The molecule has 0 aliphatic rings. The Morgan fingerprint density at radius 3 is 2.19 bits per heavy atom. The first-order valence-corrected chi connectivity index (χ1v) is 5.69. The maximum absolute atomic E-state index is 10.9. The summed E-state index contributed by atoms with van der Waals surface area (Å²) in [7, 11) is 1.07. The largest absolute Gasteiger partial charge is 1.00 e. The fraction of sp³-hybridized carbons (Fsp3) is 0.857. The Labute approximate surface area is 117 Å². The van der Waals surface area contributed by atoms with Crippen LogP contribution < -0.4 is 39.6 Å².